The number of fused-ring (bicyclic) bond motifs is 1. The molecule has 0 aliphatic rings. The Morgan fingerprint density at radius 3 is 2.76 bits per heavy atom. The van der Waals surface area contributed by atoms with Gasteiger partial charge in [0, 0.05) is 23.4 Å². The van der Waals surface area contributed by atoms with Crippen LogP contribution in [0.25, 0.3) is 10.9 Å². The van der Waals surface area contributed by atoms with Gasteiger partial charge in [0.15, 0.2) is 11.8 Å². The Balaban J connectivity index is 1.49. The molecule has 4 aromatic rings. The maximum absolute atomic E-state index is 12.8. The van der Waals surface area contributed by atoms with Crippen molar-refractivity contribution in [3.63, 3.8) is 0 Å². The van der Waals surface area contributed by atoms with E-state index in [9.17, 15) is 9.59 Å². The number of carboxylic acids is 1. The minimum atomic E-state index is -1.07. The minimum Gasteiger partial charge on any atom is -0.481 e. The Morgan fingerprint density at radius 2 is 2.00 bits per heavy atom. The van der Waals surface area contributed by atoms with Crippen LogP contribution in [0.5, 0.6) is 5.75 Å². The highest BCUT2D eigenvalue weighted by molar-refractivity contribution is 7.99. The molecule has 0 fully saturated rings. The number of aliphatic carboxylic acids is 1. The first-order valence-corrected chi connectivity index (χ1v) is 10.9. The van der Waals surface area contributed by atoms with Crippen LogP contribution < -0.4 is 10.1 Å². The predicted molar refractivity (Wildman–Crippen MR) is 125 cm³/mol. The number of benzene rings is 2. The molecule has 2 heterocycles. The number of carbonyl (C=O) groups is 2. The zero-order valence-corrected chi connectivity index (χ0v) is 18.7. The summed E-state index contributed by atoms with van der Waals surface area (Å²) in [5.41, 5.74) is 2.47. The van der Waals surface area contributed by atoms with E-state index >= 15 is 0 Å². The molecule has 0 saturated carbocycles. The maximum Gasteiger partial charge on any atom is 0.341 e. The lowest BCUT2D eigenvalue weighted by Gasteiger charge is -2.13. The van der Waals surface area contributed by atoms with Crippen LogP contribution in [0, 0.1) is 0 Å². The first-order chi connectivity index (χ1) is 15.9. The zero-order valence-electron chi connectivity index (χ0n) is 17.9. The molecular weight excluding hydrogens is 442 g/mol. The number of aryl methyl sites for hydroxylation is 1. The van der Waals surface area contributed by atoms with Crippen molar-refractivity contribution < 1.29 is 19.4 Å². The number of pyridine rings is 1. The minimum absolute atomic E-state index is 0.104. The van der Waals surface area contributed by atoms with Gasteiger partial charge in [-0.25, -0.2) is 9.78 Å². The molecule has 0 aliphatic heterocycles. The van der Waals surface area contributed by atoms with E-state index in [0.717, 1.165) is 10.7 Å². The predicted octanol–water partition coefficient (Wildman–Crippen LogP) is 3.93. The fourth-order valence-electron chi connectivity index (χ4n) is 3.19. The van der Waals surface area contributed by atoms with Crippen LogP contribution in [-0.2, 0) is 11.8 Å². The quantitative estimate of drug-likeness (QED) is 0.377. The van der Waals surface area contributed by atoms with E-state index in [-0.39, 0.29) is 16.9 Å². The smallest absolute Gasteiger partial charge is 0.341 e. The van der Waals surface area contributed by atoms with Crippen molar-refractivity contribution in [1.29, 1.82) is 0 Å². The number of amides is 1. The largest absolute Gasteiger partial charge is 0.481 e. The Morgan fingerprint density at radius 1 is 1.18 bits per heavy atom. The number of hydrogen-bond acceptors (Lipinski definition) is 7. The van der Waals surface area contributed by atoms with Crippen LogP contribution in [-0.4, -0.2) is 43.3 Å². The maximum atomic E-state index is 12.8. The van der Waals surface area contributed by atoms with Crippen molar-refractivity contribution in [2.24, 2.45) is 7.05 Å². The number of hydrogen-bond donors (Lipinski definition) is 2. The summed E-state index contributed by atoms with van der Waals surface area (Å²) in [6.45, 7) is 1.61. The lowest BCUT2D eigenvalue weighted by atomic mass is 10.1. The average Bonchev–Trinajstić information content (AvgIpc) is 3.21. The lowest BCUT2D eigenvalue weighted by molar-refractivity contribution is -0.139. The third kappa shape index (κ3) is 5.29. The number of carbonyl (C=O) groups excluding carboxylic acids is 1. The molecule has 168 valence electrons. The van der Waals surface area contributed by atoms with Crippen molar-refractivity contribution in [2.45, 2.75) is 17.3 Å². The second kappa shape index (κ2) is 9.70. The number of anilines is 1. The van der Waals surface area contributed by atoms with E-state index in [1.807, 2.05) is 35.9 Å². The fourth-order valence-corrected chi connectivity index (χ4v) is 4.10. The van der Waals surface area contributed by atoms with Crippen molar-refractivity contribution in [3.05, 3.63) is 72.2 Å². The topological polar surface area (TPSA) is 119 Å². The number of nitrogens with zero attached hydrogens (tertiary/aromatic N) is 4. The molecule has 2 aromatic heterocycles. The van der Waals surface area contributed by atoms with E-state index in [1.54, 1.807) is 48.4 Å². The molecule has 0 aliphatic carbocycles. The van der Waals surface area contributed by atoms with Crippen LogP contribution in [0.3, 0.4) is 0 Å². The molecular formula is C23H21N5O4S. The molecule has 0 unspecified atom stereocenters. The van der Waals surface area contributed by atoms with E-state index in [2.05, 4.69) is 27.4 Å². The van der Waals surface area contributed by atoms with Gasteiger partial charge >= 0.3 is 5.97 Å². The summed E-state index contributed by atoms with van der Waals surface area (Å²) in [7, 11) is 1.89. The lowest BCUT2D eigenvalue weighted by Crippen LogP contribution is -2.14. The van der Waals surface area contributed by atoms with Gasteiger partial charge in [-0.15, -0.1) is 10.2 Å². The van der Waals surface area contributed by atoms with E-state index in [4.69, 9.17) is 9.84 Å². The van der Waals surface area contributed by atoms with Gasteiger partial charge in [-0.05, 0) is 48.9 Å². The number of ether oxygens (including phenoxy) is 1. The molecule has 4 rings (SSSR count). The Bertz CT molecular complexity index is 1320. The molecule has 0 spiro atoms. The summed E-state index contributed by atoms with van der Waals surface area (Å²) < 4.78 is 7.16. The van der Waals surface area contributed by atoms with Crippen LogP contribution in [0.1, 0.15) is 28.2 Å². The first-order valence-electron chi connectivity index (χ1n) is 10.1. The van der Waals surface area contributed by atoms with Crippen LogP contribution in [0.15, 0.2) is 66.1 Å². The van der Waals surface area contributed by atoms with E-state index < -0.39 is 12.6 Å². The molecule has 1 amide bonds. The van der Waals surface area contributed by atoms with Gasteiger partial charge < -0.3 is 19.7 Å². The van der Waals surface area contributed by atoms with Crippen LogP contribution in [0.4, 0.5) is 5.69 Å². The highest BCUT2D eigenvalue weighted by Crippen LogP contribution is 2.34. The highest BCUT2D eigenvalue weighted by Gasteiger charge is 2.14. The number of rotatable bonds is 8. The van der Waals surface area contributed by atoms with Crippen molar-refractivity contribution in [2.75, 3.05) is 11.9 Å². The first kappa shape index (κ1) is 22.3. The standard InChI is InChI=1S/C23H21N5O4S/c1-14(33-23-27-24-13-28(23)2)15-5-3-6-16(11-15)25-22(31)19-10-9-17-18(26-19)7-4-8-20(17)32-12-21(29)30/h3-11,13-14H,12H2,1-2H3,(H,25,31)(H,29,30)/t14-/m0/s1. The summed E-state index contributed by atoms with van der Waals surface area (Å²) in [5, 5.41) is 21.3. The molecule has 10 heteroatoms. The van der Waals surface area contributed by atoms with Gasteiger partial charge in [0.1, 0.15) is 17.8 Å². The molecule has 2 aromatic carbocycles. The normalized spacial score (nSPS) is 11.8. The number of nitrogens with one attached hydrogen (secondary N) is 1. The second-order valence-corrected chi connectivity index (χ2v) is 8.57. The van der Waals surface area contributed by atoms with Crippen molar-refractivity contribution in [3.8, 4) is 5.75 Å². The number of aromatic nitrogens is 4. The van der Waals surface area contributed by atoms with Crippen LogP contribution in [0.2, 0.25) is 0 Å². The summed E-state index contributed by atoms with van der Waals surface area (Å²) in [6, 6.07) is 16.0. The molecule has 9 nitrogen and oxygen atoms in total. The average molecular weight is 464 g/mol. The second-order valence-electron chi connectivity index (χ2n) is 7.27. The van der Waals surface area contributed by atoms with Gasteiger partial charge in [-0.2, -0.15) is 0 Å². The Kier molecular flexibility index (Phi) is 6.55. The summed E-state index contributed by atoms with van der Waals surface area (Å²) >= 11 is 1.58. The molecule has 0 radical (unpaired) electrons. The van der Waals surface area contributed by atoms with E-state index in [0.29, 0.717) is 22.3 Å². The van der Waals surface area contributed by atoms with Gasteiger partial charge in [-0.1, -0.05) is 30.0 Å². The summed E-state index contributed by atoms with van der Waals surface area (Å²) in [4.78, 5) is 28.0. The fraction of sp³-hybridized carbons (Fsp3) is 0.174. The van der Waals surface area contributed by atoms with Crippen LogP contribution >= 0.6 is 11.8 Å². The summed E-state index contributed by atoms with van der Waals surface area (Å²) in [5.74, 6) is -1.02. The van der Waals surface area contributed by atoms with Gasteiger partial charge in [0.2, 0.25) is 0 Å². The SMILES string of the molecule is C[C@H](Sc1nncn1C)c1cccc(NC(=O)c2ccc3c(OCC(=O)O)cccc3n2)c1. The zero-order chi connectivity index (χ0) is 23.4. The van der Waals surface area contributed by atoms with E-state index in [1.165, 1.54) is 0 Å². The molecule has 1 atom stereocenters. The molecule has 33 heavy (non-hydrogen) atoms. The number of carboxylic acid groups (broad SMARTS) is 1. The molecule has 0 saturated heterocycles. The Hall–Kier alpha value is -3.92. The highest BCUT2D eigenvalue weighted by atomic mass is 32.2. The molecule has 0 bridgehead atoms. The van der Waals surface area contributed by atoms with Gasteiger partial charge in [-0.3, -0.25) is 4.79 Å². The van der Waals surface area contributed by atoms with Crippen molar-refractivity contribution in [1.82, 2.24) is 19.7 Å². The Labute approximate surface area is 193 Å². The monoisotopic (exact) mass is 463 g/mol. The van der Waals surface area contributed by atoms with Crippen molar-refractivity contribution >= 4 is 40.2 Å². The summed E-state index contributed by atoms with van der Waals surface area (Å²) in [6.07, 6.45) is 1.66. The third-order valence-electron chi connectivity index (χ3n) is 4.84. The molecule has 2 N–H and O–H groups in total. The van der Waals surface area contributed by atoms with Gasteiger partial charge in [0.05, 0.1) is 5.52 Å². The van der Waals surface area contributed by atoms with Gasteiger partial charge in [0.25, 0.3) is 5.91 Å². The third-order valence-corrected chi connectivity index (χ3v) is 6.05. The number of thioether (sulfide) groups is 1.